The number of aliphatic hydroxyl groups excluding tert-OH is 1. The predicted molar refractivity (Wildman–Crippen MR) is 135 cm³/mol. The minimum atomic E-state index is -0.312. The van der Waals surface area contributed by atoms with E-state index in [-0.39, 0.29) is 42.0 Å². The second-order valence-electron chi connectivity index (χ2n) is 8.60. The molecule has 1 amide bonds. The first-order valence-electron chi connectivity index (χ1n) is 11.9. The van der Waals surface area contributed by atoms with E-state index in [0.29, 0.717) is 40.3 Å². The Morgan fingerprint density at radius 2 is 2.00 bits per heavy atom. The number of H-pyrrole nitrogens is 1. The number of rotatable bonds is 8. The van der Waals surface area contributed by atoms with E-state index in [1.807, 2.05) is 0 Å². The van der Waals surface area contributed by atoms with E-state index >= 15 is 0 Å². The summed E-state index contributed by atoms with van der Waals surface area (Å²) < 4.78 is 11.4. The Morgan fingerprint density at radius 3 is 2.73 bits per heavy atom. The molecule has 0 bridgehead atoms. The number of carbonyl (C=O) groups is 2. The van der Waals surface area contributed by atoms with Gasteiger partial charge in [0.25, 0.3) is 5.91 Å². The van der Waals surface area contributed by atoms with Crippen molar-refractivity contribution in [3.63, 3.8) is 0 Å². The van der Waals surface area contributed by atoms with Gasteiger partial charge in [-0.3, -0.25) is 9.59 Å². The lowest BCUT2D eigenvalue weighted by atomic mass is 10.0. The highest BCUT2D eigenvalue weighted by Gasteiger charge is 2.24. The Hall–Kier alpha value is -4.35. The fourth-order valence-electron chi connectivity index (χ4n) is 4.19. The van der Waals surface area contributed by atoms with E-state index in [2.05, 4.69) is 30.6 Å². The highest BCUT2D eigenvalue weighted by molar-refractivity contribution is 6.18. The molecule has 11 heteroatoms. The number of anilines is 1. The van der Waals surface area contributed by atoms with Crippen LogP contribution >= 0.6 is 0 Å². The molecule has 0 spiro atoms. The molecule has 2 atom stereocenters. The number of benzene rings is 1. The van der Waals surface area contributed by atoms with Gasteiger partial charge in [0.15, 0.2) is 5.78 Å². The average molecular weight is 503 g/mol. The number of hydrogen-bond acceptors (Lipinski definition) is 9. The van der Waals surface area contributed by atoms with Gasteiger partial charge in [0.05, 0.1) is 36.3 Å². The largest absolute Gasteiger partial charge is 0.439 e. The van der Waals surface area contributed by atoms with E-state index in [4.69, 9.17) is 9.47 Å². The number of aromatic amines is 1. The van der Waals surface area contributed by atoms with Gasteiger partial charge in [-0.05, 0) is 43.2 Å². The fourth-order valence-corrected chi connectivity index (χ4v) is 4.19. The molecular weight excluding hydrogens is 476 g/mol. The molecule has 0 aliphatic carbocycles. The lowest BCUT2D eigenvalue weighted by Gasteiger charge is -2.29. The van der Waals surface area contributed by atoms with Crippen molar-refractivity contribution < 1.29 is 24.2 Å². The van der Waals surface area contributed by atoms with Crippen molar-refractivity contribution in [1.29, 1.82) is 0 Å². The lowest BCUT2D eigenvalue weighted by Crippen LogP contribution is -2.36. The van der Waals surface area contributed by atoms with Crippen LogP contribution in [0.5, 0.6) is 11.6 Å². The SMILES string of the molecule is CNC(=O)c1cccc(Oc2ccc(C(=O)c3c[nH]c4ncnc(N[C@@H]5CC[C@@H](CO)OC5)c34)cc2)n1. The summed E-state index contributed by atoms with van der Waals surface area (Å²) in [6.07, 6.45) is 4.48. The molecule has 3 aromatic heterocycles. The van der Waals surface area contributed by atoms with Gasteiger partial charge in [0.2, 0.25) is 5.88 Å². The monoisotopic (exact) mass is 502 g/mol. The summed E-state index contributed by atoms with van der Waals surface area (Å²) in [5.74, 6) is 0.777. The first-order chi connectivity index (χ1) is 18.1. The summed E-state index contributed by atoms with van der Waals surface area (Å²) in [4.78, 5) is 41.1. The Balaban J connectivity index is 1.34. The summed E-state index contributed by atoms with van der Waals surface area (Å²) in [6.45, 7) is 0.441. The van der Waals surface area contributed by atoms with Crippen LogP contribution in [-0.2, 0) is 4.74 Å². The van der Waals surface area contributed by atoms with E-state index < -0.39 is 0 Å². The zero-order valence-electron chi connectivity index (χ0n) is 20.1. The molecule has 190 valence electrons. The summed E-state index contributed by atoms with van der Waals surface area (Å²) in [6, 6.07) is 11.6. The Labute approximate surface area is 212 Å². The quantitative estimate of drug-likeness (QED) is 0.267. The molecule has 4 N–H and O–H groups in total. The Bertz CT molecular complexity index is 1410. The maximum absolute atomic E-state index is 13.4. The van der Waals surface area contributed by atoms with Gasteiger partial charge in [0, 0.05) is 24.9 Å². The number of pyridine rings is 1. The van der Waals surface area contributed by atoms with Gasteiger partial charge in [-0.25, -0.2) is 15.0 Å². The predicted octanol–water partition coefficient (Wildman–Crippen LogP) is 2.69. The van der Waals surface area contributed by atoms with Crippen molar-refractivity contribution in [3.05, 3.63) is 71.8 Å². The minimum absolute atomic E-state index is 0.00364. The number of hydrogen-bond donors (Lipinski definition) is 4. The molecular formula is C26H26N6O5. The van der Waals surface area contributed by atoms with Crippen LogP contribution in [0.1, 0.15) is 39.3 Å². The van der Waals surface area contributed by atoms with Gasteiger partial charge < -0.3 is 30.2 Å². The van der Waals surface area contributed by atoms with Gasteiger partial charge >= 0.3 is 0 Å². The number of ketones is 1. The number of amides is 1. The smallest absolute Gasteiger partial charge is 0.269 e. The molecule has 0 radical (unpaired) electrons. The topological polar surface area (TPSA) is 151 Å². The molecule has 5 rings (SSSR count). The lowest BCUT2D eigenvalue weighted by molar-refractivity contribution is -0.0224. The third kappa shape index (κ3) is 5.27. The number of ether oxygens (including phenoxy) is 2. The number of nitrogens with zero attached hydrogens (tertiary/aromatic N) is 3. The average Bonchev–Trinajstić information content (AvgIpc) is 3.38. The zero-order chi connectivity index (χ0) is 25.8. The van der Waals surface area contributed by atoms with Crippen LogP contribution in [0.15, 0.2) is 55.0 Å². The van der Waals surface area contributed by atoms with Crippen LogP contribution in [-0.4, -0.2) is 69.1 Å². The fraction of sp³-hybridized carbons (Fsp3) is 0.269. The molecule has 1 aromatic carbocycles. The standard InChI is InChI=1S/C26H26N6O5/c1-27-26(35)20-3-2-4-21(32-20)37-17-8-5-15(6-9-17)23(34)19-11-28-24-22(19)25(30-14-29-24)31-16-7-10-18(12-33)36-13-16/h2-6,8-9,11,14,16,18,33H,7,10,12-13H2,1H3,(H,27,35)(H2,28,29,30,31)/t16-,18+/m1/s1. The molecule has 37 heavy (non-hydrogen) atoms. The number of nitrogens with one attached hydrogen (secondary N) is 3. The van der Waals surface area contributed by atoms with Crippen LogP contribution < -0.4 is 15.4 Å². The highest BCUT2D eigenvalue weighted by Crippen LogP contribution is 2.28. The maximum atomic E-state index is 13.4. The molecule has 1 aliphatic heterocycles. The summed E-state index contributed by atoms with van der Waals surface area (Å²) >= 11 is 0. The summed E-state index contributed by atoms with van der Waals surface area (Å²) in [5, 5.41) is 15.8. The zero-order valence-corrected chi connectivity index (χ0v) is 20.1. The van der Waals surface area contributed by atoms with Gasteiger partial charge in [-0.2, -0.15) is 0 Å². The molecule has 1 aliphatic rings. The van der Waals surface area contributed by atoms with E-state index in [1.165, 1.54) is 13.4 Å². The normalized spacial score (nSPS) is 17.4. The number of fused-ring (bicyclic) bond motifs is 1. The van der Waals surface area contributed by atoms with Gasteiger partial charge in [0.1, 0.15) is 29.2 Å². The summed E-state index contributed by atoms with van der Waals surface area (Å²) in [7, 11) is 1.53. The molecule has 4 heterocycles. The van der Waals surface area contributed by atoms with Crippen molar-refractivity contribution >= 4 is 28.5 Å². The van der Waals surface area contributed by atoms with Gasteiger partial charge in [-0.15, -0.1) is 0 Å². The van der Waals surface area contributed by atoms with Crippen LogP contribution in [0.4, 0.5) is 5.82 Å². The van der Waals surface area contributed by atoms with Crippen molar-refractivity contribution in [2.24, 2.45) is 0 Å². The van der Waals surface area contributed by atoms with Crippen LogP contribution in [0, 0.1) is 0 Å². The third-order valence-electron chi connectivity index (χ3n) is 6.15. The third-order valence-corrected chi connectivity index (χ3v) is 6.15. The molecule has 1 fully saturated rings. The van der Waals surface area contributed by atoms with E-state index in [9.17, 15) is 14.7 Å². The van der Waals surface area contributed by atoms with E-state index in [0.717, 1.165) is 12.8 Å². The van der Waals surface area contributed by atoms with Crippen molar-refractivity contribution in [2.75, 3.05) is 25.6 Å². The summed E-state index contributed by atoms with van der Waals surface area (Å²) in [5.41, 5.74) is 1.69. The Morgan fingerprint density at radius 1 is 1.16 bits per heavy atom. The van der Waals surface area contributed by atoms with Crippen molar-refractivity contribution in [1.82, 2.24) is 25.3 Å². The molecule has 0 unspecified atom stereocenters. The molecule has 11 nitrogen and oxygen atoms in total. The number of aromatic nitrogens is 4. The maximum Gasteiger partial charge on any atom is 0.269 e. The Kier molecular flexibility index (Phi) is 7.06. The second-order valence-corrected chi connectivity index (χ2v) is 8.60. The van der Waals surface area contributed by atoms with E-state index in [1.54, 1.807) is 48.7 Å². The molecule has 1 saturated heterocycles. The van der Waals surface area contributed by atoms with Crippen LogP contribution in [0.2, 0.25) is 0 Å². The minimum Gasteiger partial charge on any atom is -0.439 e. The second kappa shape index (κ2) is 10.7. The van der Waals surface area contributed by atoms with Crippen LogP contribution in [0.25, 0.3) is 11.0 Å². The number of carbonyl (C=O) groups excluding carboxylic acids is 2. The highest BCUT2D eigenvalue weighted by atomic mass is 16.5. The van der Waals surface area contributed by atoms with Crippen molar-refractivity contribution in [3.8, 4) is 11.6 Å². The molecule has 4 aromatic rings. The van der Waals surface area contributed by atoms with Gasteiger partial charge in [-0.1, -0.05) is 6.07 Å². The first-order valence-corrected chi connectivity index (χ1v) is 11.9. The number of aliphatic hydroxyl groups is 1. The first kappa shape index (κ1) is 24.3. The van der Waals surface area contributed by atoms with Crippen molar-refractivity contribution in [2.45, 2.75) is 25.0 Å². The molecule has 0 saturated carbocycles. The van der Waals surface area contributed by atoms with Crippen LogP contribution in [0.3, 0.4) is 0 Å².